The molecule has 0 spiro atoms. The van der Waals surface area contributed by atoms with Gasteiger partial charge in [0.2, 0.25) is 0 Å². The Bertz CT molecular complexity index is 229. The number of nitrogens with one attached hydrogen (secondary N) is 1. The van der Waals surface area contributed by atoms with E-state index in [1.165, 1.54) is 0 Å². The van der Waals surface area contributed by atoms with Crippen LogP contribution in [0.2, 0.25) is 0 Å². The third-order valence-electron chi connectivity index (χ3n) is 2.20. The van der Waals surface area contributed by atoms with Crippen LogP contribution in [0.1, 0.15) is 27.7 Å². The van der Waals surface area contributed by atoms with Gasteiger partial charge in [0.05, 0.1) is 0 Å². The predicted molar refractivity (Wildman–Crippen MR) is 55.9 cm³/mol. The van der Waals surface area contributed by atoms with Crippen molar-refractivity contribution in [3.05, 3.63) is 0 Å². The molecule has 0 radical (unpaired) electrons. The molecule has 3 nitrogen and oxygen atoms in total. The Kier molecular flexibility index (Phi) is 5.25. The minimum atomic E-state index is -3.56. The minimum Gasteiger partial charge on any atom is -0.202 e. The van der Waals surface area contributed by atoms with Crippen molar-refractivity contribution in [2.45, 2.75) is 27.7 Å². The molecule has 0 atom stereocenters. The van der Waals surface area contributed by atoms with Crippen LogP contribution in [0, 0.1) is 17.8 Å². The van der Waals surface area contributed by atoms with Crippen LogP contribution in [0.3, 0.4) is 0 Å². The lowest BCUT2D eigenvalue weighted by atomic mass is 9.86. The maximum Gasteiger partial charge on any atom is 0.297 e. The molecule has 0 aliphatic heterocycles. The van der Waals surface area contributed by atoms with Crippen molar-refractivity contribution in [1.82, 2.24) is 4.72 Å². The zero-order valence-electron chi connectivity index (χ0n) is 8.54. The number of hydrogen-bond acceptors (Lipinski definition) is 2. The van der Waals surface area contributed by atoms with Crippen molar-refractivity contribution in [2.24, 2.45) is 17.8 Å². The number of rotatable bonds is 5. The van der Waals surface area contributed by atoms with Crippen LogP contribution in [0.25, 0.3) is 0 Å². The second kappa shape index (κ2) is 5.17. The molecule has 0 saturated carbocycles. The summed E-state index contributed by atoms with van der Waals surface area (Å²) in [4.78, 5) is 0. The van der Waals surface area contributed by atoms with Crippen LogP contribution < -0.4 is 4.72 Å². The highest BCUT2D eigenvalue weighted by atomic mass is 35.7. The van der Waals surface area contributed by atoms with Gasteiger partial charge in [-0.1, -0.05) is 27.7 Å². The Labute approximate surface area is 85.4 Å². The lowest BCUT2D eigenvalue weighted by Gasteiger charge is -2.24. The fourth-order valence-electron chi connectivity index (χ4n) is 1.44. The van der Waals surface area contributed by atoms with Crippen LogP contribution in [-0.4, -0.2) is 15.0 Å². The van der Waals surface area contributed by atoms with E-state index < -0.39 is 9.24 Å². The van der Waals surface area contributed by atoms with Crippen LogP contribution in [0.15, 0.2) is 0 Å². The normalized spacial score (nSPS) is 13.2. The van der Waals surface area contributed by atoms with Gasteiger partial charge in [-0.05, 0) is 17.8 Å². The molecule has 0 aromatic heterocycles. The van der Waals surface area contributed by atoms with Gasteiger partial charge in [-0.15, -0.1) is 0 Å². The summed E-state index contributed by atoms with van der Waals surface area (Å²) >= 11 is 0. The van der Waals surface area contributed by atoms with E-state index >= 15 is 0 Å². The van der Waals surface area contributed by atoms with Gasteiger partial charge >= 0.3 is 0 Å². The second-order valence-corrected chi connectivity index (χ2v) is 6.32. The summed E-state index contributed by atoms with van der Waals surface area (Å²) in [7, 11) is 1.48. The highest BCUT2D eigenvalue weighted by Gasteiger charge is 2.19. The van der Waals surface area contributed by atoms with E-state index in [0.717, 1.165) is 0 Å². The molecule has 0 aromatic carbocycles. The van der Waals surface area contributed by atoms with E-state index in [0.29, 0.717) is 24.3 Å². The van der Waals surface area contributed by atoms with E-state index in [2.05, 4.69) is 32.4 Å². The van der Waals surface area contributed by atoms with E-state index in [1.807, 2.05) is 0 Å². The summed E-state index contributed by atoms with van der Waals surface area (Å²) in [5.74, 6) is 1.23. The van der Waals surface area contributed by atoms with Gasteiger partial charge in [-0.25, -0.2) is 4.72 Å². The fraction of sp³-hybridized carbons (Fsp3) is 1.00. The van der Waals surface area contributed by atoms with E-state index in [-0.39, 0.29) is 0 Å². The van der Waals surface area contributed by atoms with Crippen molar-refractivity contribution in [2.75, 3.05) is 6.54 Å². The fourth-order valence-corrected chi connectivity index (χ4v) is 2.02. The van der Waals surface area contributed by atoms with Crippen LogP contribution in [0.5, 0.6) is 0 Å². The van der Waals surface area contributed by atoms with Gasteiger partial charge in [0.25, 0.3) is 9.24 Å². The van der Waals surface area contributed by atoms with Gasteiger partial charge in [0, 0.05) is 17.2 Å². The maximum absolute atomic E-state index is 10.6. The Morgan fingerprint density at radius 2 is 1.54 bits per heavy atom. The highest BCUT2D eigenvalue weighted by molar-refractivity contribution is 8.12. The summed E-state index contributed by atoms with van der Waals surface area (Å²) in [5, 5.41) is 0. The Hall–Kier alpha value is 0.200. The van der Waals surface area contributed by atoms with Gasteiger partial charge in [-0.2, -0.15) is 8.42 Å². The van der Waals surface area contributed by atoms with Crippen LogP contribution in [-0.2, 0) is 9.24 Å². The van der Waals surface area contributed by atoms with E-state index in [4.69, 9.17) is 10.7 Å². The van der Waals surface area contributed by atoms with Gasteiger partial charge in [-0.3, -0.25) is 0 Å². The zero-order valence-corrected chi connectivity index (χ0v) is 10.1. The molecule has 0 aliphatic carbocycles. The quantitative estimate of drug-likeness (QED) is 0.731. The first kappa shape index (κ1) is 13.2. The van der Waals surface area contributed by atoms with Crippen molar-refractivity contribution in [3.8, 4) is 0 Å². The third-order valence-corrected chi connectivity index (χ3v) is 3.04. The summed E-state index contributed by atoms with van der Waals surface area (Å²) < 4.78 is 23.6. The Morgan fingerprint density at radius 1 is 1.15 bits per heavy atom. The Balaban J connectivity index is 4.13. The summed E-state index contributed by atoms with van der Waals surface area (Å²) in [6.45, 7) is 8.72. The largest absolute Gasteiger partial charge is 0.297 e. The molecule has 0 amide bonds. The van der Waals surface area contributed by atoms with Crippen molar-refractivity contribution >= 4 is 19.9 Å². The van der Waals surface area contributed by atoms with Crippen molar-refractivity contribution in [3.63, 3.8) is 0 Å². The molecule has 0 heterocycles. The summed E-state index contributed by atoms with van der Waals surface area (Å²) in [6.07, 6.45) is 0. The molecule has 0 unspecified atom stereocenters. The van der Waals surface area contributed by atoms with Crippen molar-refractivity contribution in [1.29, 1.82) is 0 Å². The molecule has 0 fully saturated rings. The summed E-state index contributed by atoms with van der Waals surface area (Å²) in [6, 6.07) is 0. The maximum atomic E-state index is 10.6. The molecule has 0 bridgehead atoms. The average Bonchev–Trinajstić information content (AvgIpc) is 1.82. The number of halogens is 1. The molecule has 0 aliphatic rings. The zero-order chi connectivity index (χ0) is 10.6. The van der Waals surface area contributed by atoms with E-state index in [1.54, 1.807) is 0 Å². The van der Waals surface area contributed by atoms with Crippen molar-refractivity contribution < 1.29 is 8.42 Å². The summed E-state index contributed by atoms with van der Waals surface area (Å²) in [5.41, 5.74) is 0. The van der Waals surface area contributed by atoms with Gasteiger partial charge in [0.15, 0.2) is 0 Å². The minimum absolute atomic E-state index is 0.327. The first-order valence-corrected chi connectivity index (χ1v) is 6.74. The highest BCUT2D eigenvalue weighted by Crippen LogP contribution is 2.19. The van der Waals surface area contributed by atoms with E-state index in [9.17, 15) is 8.42 Å². The standard InChI is InChI=1S/C8H18ClNO2S/c1-6(2)8(7(3)4)5-10-13(9,11)12/h6-8,10H,5H2,1-4H3. The average molecular weight is 228 g/mol. The molecular weight excluding hydrogens is 210 g/mol. The van der Waals surface area contributed by atoms with Crippen LogP contribution >= 0.6 is 10.7 Å². The second-order valence-electron chi connectivity index (χ2n) is 3.94. The topological polar surface area (TPSA) is 46.2 Å². The molecular formula is C8H18ClNO2S. The lowest BCUT2D eigenvalue weighted by Crippen LogP contribution is -2.31. The first-order valence-electron chi connectivity index (χ1n) is 4.43. The molecule has 5 heteroatoms. The first-order chi connectivity index (χ1) is 5.74. The van der Waals surface area contributed by atoms with Gasteiger partial charge in [0.1, 0.15) is 0 Å². The monoisotopic (exact) mass is 227 g/mol. The molecule has 1 N–H and O–H groups in total. The molecule has 13 heavy (non-hydrogen) atoms. The molecule has 0 aromatic rings. The molecule has 0 saturated heterocycles. The SMILES string of the molecule is CC(C)C(CNS(=O)(=O)Cl)C(C)C. The third kappa shape index (κ3) is 6.29. The smallest absolute Gasteiger partial charge is 0.202 e. The van der Waals surface area contributed by atoms with Crippen LogP contribution in [0.4, 0.5) is 0 Å². The van der Waals surface area contributed by atoms with Gasteiger partial charge < -0.3 is 0 Å². The lowest BCUT2D eigenvalue weighted by molar-refractivity contribution is 0.289. The molecule has 80 valence electrons. The number of hydrogen-bond donors (Lipinski definition) is 1. The molecule has 0 rings (SSSR count). The Morgan fingerprint density at radius 3 is 1.77 bits per heavy atom. The predicted octanol–water partition coefficient (Wildman–Crippen LogP) is 1.99.